The summed E-state index contributed by atoms with van der Waals surface area (Å²) in [5.74, 6) is 0.969. The molecule has 0 bridgehead atoms. The van der Waals surface area contributed by atoms with Crippen molar-refractivity contribution < 1.29 is 14.6 Å². The number of aromatic hydroxyl groups is 1. The maximum Gasteiger partial charge on any atom is 0.259 e. The van der Waals surface area contributed by atoms with Gasteiger partial charge >= 0.3 is 0 Å². The molecule has 4 rings (SSSR count). The van der Waals surface area contributed by atoms with Crippen molar-refractivity contribution in [1.29, 1.82) is 0 Å². The smallest absolute Gasteiger partial charge is 0.259 e. The van der Waals surface area contributed by atoms with E-state index < -0.39 is 0 Å². The molecule has 3 aromatic rings. The van der Waals surface area contributed by atoms with Crippen molar-refractivity contribution in [2.45, 2.75) is 18.8 Å². The van der Waals surface area contributed by atoms with E-state index in [9.17, 15) is 9.90 Å². The summed E-state index contributed by atoms with van der Waals surface area (Å²) < 4.78 is 5.70. The number of thioether (sulfide) groups is 1. The van der Waals surface area contributed by atoms with Gasteiger partial charge in [-0.3, -0.25) is 15.1 Å². The van der Waals surface area contributed by atoms with Crippen molar-refractivity contribution in [3.8, 4) is 11.5 Å². The van der Waals surface area contributed by atoms with Crippen LogP contribution in [-0.4, -0.2) is 34.6 Å². The summed E-state index contributed by atoms with van der Waals surface area (Å²) in [5.41, 5.74) is 2.75. The molecular formula is C23H23N3O3S. The molecule has 1 aliphatic heterocycles. The van der Waals surface area contributed by atoms with E-state index in [1.54, 1.807) is 18.3 Å². The van der Waals surface area contributed by atoms with E-state index in [0.29, 0.717) is 11.5 Å². The highest BCUT2D eigenvalue weighted by atomic mass is 32.2. The Morgan fingerprint density at radius 2 is 2.07 bits per heavy atom. The highest BCUT2D eigenvalue weighted by molar-refractivity contribution is 8.05. The van der Waals surface area contributed by atoms with Crippen LogP contribution in [0.15, 0.2) is 59.6 Å². The summed E-state index contributed by atoms with van der Waals surface area (Å²) in [6.45, 7) is 3.25. The van der Waals surface area contributed by atoms with Gasteiger partial charge in [-0.05, 0) is 60.9 Å². The van der Waals surface area contributed by atoms with E-state index >= 15 is 0 Å². The Kier molecular flexibility index (Phi) is 6.21. The van der Waals surface area contributed by atoms with Crippen molar-refractivity contribution in [3.05, 3.63) is 70.8 Å². The Hall–Kier alpha value is -3.03. The van der Waals surface area contributed by atoms with Gasteiger partial charge in [0.25, 0.3) is 5.91 Å². The van der Waals surface area contributed by atoms with Crippen LogP contribution >= 0.6 is 11.8 Å². The Labute approximate surface area is 179 Å². The van der Waals surface area contributed by atoms with E-state index in [2.05, 4.69) is 15.6 Å². The Bertz CT molecular complexity index is 1080. The van der Waals surface area contributed by atoms with Crippen LogP contribution in [0.1, 0.15) is 18.1 Å². The average Bonchev–Trinajstić information content (AvgIpc) is 3.09. The largest absolute Gasteiger partial charge is 0.508 e. The fraction of sp³-hybridized carbons (Fsp3) is 0.217. The number of nitrogens with zero attached hydrogens (tertiary/aromatic N) is 1. The minimum Gasteiger partial charge on any atom is -0.508 e. The quantitative estimate of drug-likeness (QED) is 0.505. The number of hydrogen-bond donors (Lipinski definition) is 3. The molecule has 1 unspecified atom stereocenters. The van der Waals surface area contributed by atoms with Crippen LogP contribution in [-0.2, 0) is 11.2 Å². The van der Waals surface area contributed by atoms with Gasteiger partial charge in [-0.15, -0.1) is 0 Å². The average molecular weight is 422 g/mol. The van der Waals surface area contributed by atoms with Crippen LogP contribution in [0.25, 0.3) is 17.0 Å². The molecule has 0 saturated carbocycles. The van der Waals surface area contributed by atoms with Crippen LogP contribution in [0.5, 0.6) is 11.5 Å². The molecule has 1 amide bonds. The number of hydrogen-bond acceptors (Lipinski definition) is 6. The number of nitrogens with one attached hydrogen (secondary N) is 2. The normalized spacial score (nSPS) is 17.4. The fourth-order valence-electron chi connectivity index (χ4n) is 3.26. The zero-order chi connectivity index (χ0) is 20.9. The van der Waals surface area contributed by atoms with Crippen LogP contribution in [0, 0.1) is 0 Å². The molecule has 1 saturated heterocycles. The Morgan fingerprint density at radius 1 is 1.23 bits per heavy atom. The zero-order valence-electron chi connectivity index (χ0n) is 16.6. The topological polar surface area (TPSA) is 83.5 Å². The van der Waals surface area contributed by atoms with E-state index in [0.717, 1.165) is 40.7 Å². The van der Waals surface area contributed by atoms with Crippen molar-refractivity contribution in [2.75, 3.05) is 13.2 Å². The first-order valence-corrected chi connectivity index (χ1v) is 10.7. The lowest BCUT2D eigenvalue weighted by Crippen LogP contribution is -2.38. The summed E-state index contributed by atoms with van der Waals surface area (Å²) >= 11 is 1.47. The molecule has 2 aromatic carbocycles. The number of pyridine rings is 1. The van der Waals surface area contributed by atoms with Gasteiger partial charge in [0.05, 0.1) is 17.0 Å². The third kappa shape index (κ3) is 4.75. The second kappa shape index (κ2) is 9.19. The van der Waals surface area contributed by atoms with Crippen LogP contribution in [0.2, 0.25) is 0 Å². The number of phenols is 1. The summed E-state index contributed by atoms with van der Waals surface area (Å²) in [5, 5.41) is 16.6. The molecule has 1 fully saturated rings. The lowest BCUT2D eigenvalue weighted by atomic mass is 10.1. The first-order valence-electron chi connectivity index (χ1n) is 9.84. The number of carbonyl (C=O) groups excluding carboxylic acids is 1. The monoisotopic (exact) mass is 421 g/mol. The first-order chi connectivity index (χ1) is 14.6. The molecule has 2 heterocycles. The standard InChI is InChI=1S/C23H23N3O3S/c1-2-29-20-10-12-24-19-8-5-16(13-18(19)20)14-21-22(28)26-23(30-21)25-11-9-15-3-6-17(27)7-4-15/h3-8,10,12-14,23,25,27H,2,9,11H2,1H3,(H,26,28)/b21-14-. The number of amides is 1. The van der Waals surface area contributed by atoms with Gasteiger partial charge in [-0.25, -0.2) is 0 Å². The van der Waals surface area contributed by atoms with Crippen LogP contribution in [0.3, 0.4) is 0 Å². The van der Waals surface area contributed by atoms with Gasteiger partial charge in [0.1, 0.15) is 17.0 Å². The highest BCUT2D eigenvalue weighted by Gasteiger charge is 2.26. The second-order valence-electron chi connectivity index (χ2n) is 6.87. The molecule has 0 radical (unpaired) electrons. The molecule has 1 aliphatic rings. The predicted octanol–water partition coefficient (Wildman–Crippen LogP) is 3.66. The molecule has 1 atom stereocenters. The van der Waals surface area contributed by atoms with Crippen molar-refractivity contribution >= 4 is 34.6 Å². The number of benzene rings is 2. The SMILES string of the molecule is CCOc1ccnc2ccc(/C=C3\SC(NCCc4ccc(O)cc4)NC3=O)cc12. The highest BCUT2D eigenvalue weighted by Crippen LogP contribution is 2.30. The summed E-state index contributed by atoms with van der Waals surface area (Å²) in [6, 6.07) is 14.9. The van der Waals surface area contributed by atoms with Gasteiger partial charge in [0, 0.05) is 18.1 Å². The van der Waals surface area contributed by atoms with Gasteiger partial charge in [0.2, 0.25) is 0 Å². The number of ether oxygens (including phenoxy) is 1. The maximum atomic E-state index is 12.4. The van der Waals surface area contributed by atoms with E-state index in [1.165, 1.54) is 11.8 Å². The van der Waals surface area contributed by atoms with Gasteiger partial charge < -0.3 is 15.2 Å². The molecular weight excluding hydrogens is 398 g/mol. The molecule has 0 spiro atoms. The summed E-state index contributed by atoms with van der Waals surface area (Å²) in [7, 11) is 0. The number of rotatable bonds is 7. The van der Waals surface area contributed by atoms with E-state index in [4.69, 9.17) is 4.74 Å². The first kappa shape index (κ1) is 20.3. The lowest BCUT2D eigenvalue weighted by Gasteiger charge is -2.11. The summed E-state index contributed by atoms with van der Waals surface area (Å²) in [4.78, 5) is 17.4. The zero-order valence-corrected chi connectivity index (χ0v) is 17.4. The minimum absolute atomic E-state index is 0.0848. The number of carbonyl (C=O) groups is 1. The van der Waals surface area contributed by atoms with Gasteiger partial charge in [0.15, 0.2) is 0 Å². The van der Waals surface area contributed by atoms with Crippen molar-refractivity contribution in [3.63, 3.8) is 0 Å². The van der Waals surface area contributed by atoms with Crippen molar-refractivity contribution in [1.82, 2.24) is 15.6 Å². The molecule has 3 N–H and O–H groups in total. The van der Waals surface area contributed by atoms with E-state index in [1.807, 2.05) is 49.4 Å². The number of aromatic nitrogens is 1. The fourth-order valence-corrected chi connectivity index (χ4v) is 4.25. The minimum atomic E-state index is -0.165. The third-order valence-electron chi connectivity index (χ3n) is 4.73. The third-order valence-corrected chi connectivity index (χ3v) is 5.81. The molecule has 1 aromatic heterocycles. The maximum absolute atomic E-state index is 12.4. The van der Waals surface area contributed by atoms with Gasteiger partial charge in [-0.1, -0.05) is 30.0 Å². The number of fused-ring (bicyclic) bond motifs is 1. The molecule has 30 heavy (non-hydrogen) atoms. The Morgan fingerprint density at radius 3 is 2.87 bits per heavy atom. The van der Waals surface area contributed by atoms with Crippen LogP contribution in [0.4, 0.5) is 0 Å². The van der Waals surface area contributed by atoms with Crippen LogP contribution < -0.4 is 15.4 Å². The molecule has 154 valence electrons. The molecule has 0 aliphatic carbocycles. The second-order valence-corrected chi connectivity index (χ2v) is 8.02. The number of phenolic OH excluding ortho intramolecular Hbond substituents is 1. The molecule has 6 nitrogen and oxygen atoms in total. The predicted molar refractivity (Wildman–Crippen MR) is 120 cm³/mol. The lowest BCUT2D eigenvalue weighted by molar-refractivity contribution is -0.116. The van der Waals surface area contributed by atoms with Crippen molar-refractivity contribution in [2.24, 2.45) is 0 Å². The molecule has 7 heteroatoms. The summed E-state index contributed by atoms with van der Waals surface area (Å²) in [6.07, 6.45) is 4.44. The van der Waals surface area contributed by atoms with E-state index in [-0.39, 0.29) is 17.2 Å². The van der Waals surface area contributed by atoms with Gasteiger partial charge in [-0.2, -0.15) is 0 Å². The Balaban J connectivity index is 1.42.